The van der Waals surface area contributed by atoms with Gasteiger partial charge in [0, 0.05) is 45.3 Å². The van der Waals surface area contributed by atoms with Crippen LogP contribution in [0.25, 0.3) is 0 Å². The summed E-state index contributed by atoms with van der Waals surface area (Å²) in [6, 6.07) is 0.585. The average Bonchev–Trinajstić information content (AvgIpc) is 2.76. The summed E-state index contributed by atoms with van der Waals surface area (Å²) in [5, 5.41) is 9.60. The molecule has 0 atom stereocenters. The molecule has 0 radical (unpaired) electrons. The first-order valence-electron chi connectivity index (χ1n) is 6.14. The quantitative estimate of drug-likeness (QED) is 0.867. The number of anilines is 1. The van der Waals surface area contributed by atoms with E-state index in [0.717, 1.165) is 26.2 Å². The zero-order valence-corrected chi connectivity index (χ0v) is 11.0. The maximum Gasteiger partial charge on any atom is 0.445 e. The van der Waals surface area contributed by atoms with E-state index >= 15 is 0 Å². The van der Waals surface area contributed by atoms with Crippen LogP contribution in [0.5, 0.6) is 0 Å². The van der Waals surface area contributed by atoms with Gasteiger partial charge in [0.05, 0.1) is 0 Å². The molecule has 3 rings (SSSR count). The molecule has 2 fully saturated rings. The first-order valence-corrected chi connectivity index (χ1v) is 6.96. The van der Waals surface area contributed by atoms with Crippen molar-refractivity contribution < 1.29 is 13.2 Å². The fraction of sp³-hybridized carbons (Fsp3) is 0.800. The lowest BCUT2D eigenvalue weighted by molar-refractivity contribution is -0.138. The lowest BCUT2D eigenvalue weighted by atomic mass is 10.1. The Labute approximate surface area is 112 Å². The summed E-state index contributed by atoms with van der Waals surface area (Å²) in [5.41, 5.74) is 0. The highest BCUT2D eigenvalue weighted by Crippen LogP contribution is 2.34. The van der Waals surface area contributed by atoms with Crippen molar-refractivity contribution in [1.29, 1.82) is 0 Å². The predicted octanol–water partition coefficient (Wildman–Crippen LogP) is 0.651. The Morgan fingerprint density at radius 2 is 1.79 bits per heavy atom. The number of aromatic nitrogens is 2. The predicted molar refractivity (Wildman–Crippen MR) is 65.4 cm³/mol. The molecular formula is C10H14F3N5S. The van der Waals surface area contributed by atoms with Gasteiger partial charge in [-0.05, 0) is 0 Å². The van der Waals surface area contributed by atoms with Gasteiger partial charge in [-0.2, -0.15) is 13.2 Å². The number of nitrogens with zero attached hydrogens (tertiary/aromatic N) is 4. The van der Waals surface area contributed by atoms with Crippen LogP contribution in [0, 0.1) is 0 Å². The minimum Gasteiger partial charge on any atom is -0.344 e. The molecule has 0 spiro atoms. The number of hydrogen-bond acceptors (Lipinski definition) is 6. The van der Waals surface area contributed by atoms with Gasteiger partial charge in [-0.1, -0.05) is 11.3 Å². The van der Waals surface area contributed by atoms with Crippen LogP contribution >= 0.6 is 11.3 Å². The molecule has 2 aliphatic rings. The van der Waals surface area contributed by atoms with Crippen LogP contribution < -0.4 is 10.2 Å². The fourth-order valence-corrected chi connectivity index (χ4v) is 3.03. The second-order valence-electron chi connectivity index (χ2n) is 4.72. The third-order valence-corrected chi connectivity index (χ3v) is 4.55. The molecule has 3 heterocycles. The summed E-state index contributed by atoms with van der Waals surface area (Å²) in [7, 11) is 0. The standard InChI is InChI=1S/C10H14F3N5S/c11-10(12,13)8-15-16-9(19-8)18-3-1-17(2-4-18)7-5-14-6-7/h7,14H,1-6H2. The molecule has 2 aliphatic heterocycles. The Hall–Kier alpha value is -0.930. The highest BCUT2D eigenvalue weighted by molar-refractivity contribution is 7.15. The molecule has 0 aromatic carbocycles. The Kier molecular flexibility index (Phi) is 3.35. The molecule has 0 aliphatic carbocycles. The highest BCUT2D eigenvalue weighted by Gasteiger charge is 2.37. The molecule has 0 unspecified atom stereocenters. The van der Waals surface area contributed by atoms with Crippen molar-refractivity contribution in [2.45, 2.75) is 12.2 Å². The lowest BCUT2D eigenvalue weighted by Gasteiger charge is -2.43. The van der Waals surface area contributed by atoms with Crippen molar-refractivity contribution >= 4 is 16.5 Å². The van der Waals surface area contributed by atoms with Crippen molar-refractivity contribution in [3.05, 3.63) is 5.01 Å². The van der Waals surface area contributed by atoms with E-state index in [9.17, 15) is 13.2 Å². The third-order valence-electron chi connectivity index (χ3n) is 3.52. The SMILES string of the molecule is FC(F)(F)c1nnc(N2CCN(C3CNC3)CC2)s1. The van der Waals surface area contributed by atoms with Crippen LogP contribution in [0.3, 0.4) is 0 Å². The number of halogens is 3. The normalized spacial score (nSPS) is 22.6. The summed E-state index contributed by atoms with van der Waals surface area (Å²) < 4.78 is 37.4. The van der Waals surface area contributed by atoms with E-state index in [1.807, 2.05) is 4.90 Å². The Balaban J connectivity index is 1.60. The van der Waals surface area contributed by atoms with E-state index in [0.29, 0.717) is 35.6 Å². The maximum atomic E-state index is 12.5. The molecule has 9 heteroatoms. The van der Waals surface area contributed by atoms with Gasteiger partial charge in [-0.3, -0.25) is 4.90 Å². The van der Waals surface area contributed by atoms with Crippen LogP contribution in [0.15, 0.2) is 0 Å². The Bertz CT molecular complexity index is 437. The summed E-state index contributed by atoms with van der Waals surface area (Å²) in [4.78, 5) is 4.26. The van der Waals surface area contributed by atoms with E-state index in [1.165, 1.54) is 0 Å². The topological polar surface area (TPSA) is 44.3 Å². The second-order valence-corrected chi connectivity index (χ2v) is 5.68. The molecule has 0 amide bonds. The van der Waals surface area contributed by atoms with E-state index in [2.05, 4.69) is 20.4 Å². The van der Waals surface area contributed by atoms with Crippen LogP contribution in [0.1, 0.15) is 5.01 Å². The third kappa shape index (κ3) is 2.67. The molecule has 0 saturated carbocycles. The molecule has 0 bridgehead atoms. The van der Waals surface area contributed by atoms with E-state index in [-0.39, 0.29) is 0 Å². The van der Waals surface area contributed by atoms with Gasteiger partial charge >= 0.3 is 6.18 Å². The number of piperazine rings is 1. The van der Waals surface area contributed by atoms with Crippen molar-refractivity contribution in [2.75, 3.05) is 44.2 Å². The van der Waals surface area contributed by atoms with Gasteiger partial charge in [-0.15, -0.1) is 10.2 Å². The molecule has 1 aromatic heterocycles. The van der Waals surface area contributed by atoms with Crippen molar-refractivity contribution in [3.63, 3.8) is 0 Å². The number of hydrogen-bond donors (Lipinski definition) is 1. The summed E-state index contributed by atoms with van der Waals surface area (Å²) in [5.74, 6) is 0. The van der Waals surface area contributed by atoms with E-state index in [4.69, 9.17) is 0 Å². The van der Waals surface area contributed by atoms with Gasteiger partial charge in [0.2, 0.25) is 10.1 Å². The van der Waals surface area contributed by atoms with Gasteiger partial charge in [0.25, 0.3) is 0 Å². The second kappa shape index (κ2) is 4.88. The van der Waals surface area contributed by atoms with Gasteiger partial charge in [-0.25, -0.2) is 0 Å². The zero-order valence-electron chi connectivity index (χ0n) is 10.2. The fourth-order valence-electron chi connectivity index (χ4n) is 2.27. The summed E-state index contributed by atoms with van der Waals surface area (Å²) in [6.45, 7) is 5.18. The first kappa shape index (κ1) is 13.1. The van der Waals surface area contributed by atoms with Gasteiger partial charge < -0.3 is 10.2 Å². The van der Waals surface area contributed by atoms with Crippen LogP contribution in [0.2, 0.25) is 0 Å². The lowest BCUT2D eigenvalue weighted by Crippen LogP contribution is -2.61. The van der Waals surface area contributed by atoms with Crippen molar-refractivity contribution in [3.8, 4) is 0 Å². The van der Waals surface area contributed by atoms with Crippen molar-refractivity contribution in [2.24, 2.45) is 0 Å². The van der Waals surface area contributed by atoms with Crippen LogP contribution in [-0.4, -0.2) is 60.4 Å². The minimum atomic E-state index is -4.39. The van der Waals surface area contributed by atoms with Crippen molar-refractivity contribution in [1.82, 2.24) is 20.4 Å². The molecule has 1 aromatic rings. The average molecular weight is 293 g/mol. The molecule has 2 saturated heterocycles. The Morgan fingerprint density at radius 1 is 1.11 bits per heavy atom. The minimum absolute atomic E-state index is 0.374. The number of nitrogens with one attached hydrogen (secondary N) is 1. The molecule has 19 heavy (non-hydrogen) atoms. The smallest absolute Gasteiger partial charge is 0.344 e. The molecule has 106 valence electrons. The Morgan fingerprint density at radius 3 is 2.26 bits per heavy atom. The van der Waals surface area contributed by atoms with Gasteiger partial charge in [0.15, 0.2) is 0 Å². The molecular weight excluding hydrogens is 279 g/mol. The largest absolute Gasteiger partial charge is 0.445 e. The maximum absolute atomic E-state index is 12.5. The first-order chi connectivity index (χ1) is 9.04. The number of rotatable bonds is 2. The van der Waals surface area contributed by atoms with E-state index < -0.39 is 11.2 Å². The molecule has 5 nitrogen and oxygen atoms in total. The summed E-state index contributed by atoms with van der Waals surface area (Å²) in [6.07, 6.45) is -4.39. The zero-order chi connectivity index (χ0) is 13.5. The van der Waals surface area contributed by atoms with Crippen LogP contribution in [-0.2, 0) is 6.18 Å². The number of alkyl halides is 3. The summed E-state index contributed by atoms with van der Waals surface area (Å²) >= 11 is 0.624. The molecule has 1 N–H and O–H groups in total. The highest BCUT2D eigenvalue weighted by atomic mass is 32.1. The van der Waals surface area contributed by atoms with E-state index in [1.54, 1.807) is 0 Å². The monoisotopic (exact) mass is 293 g/mol. The van der Waals surface area contributed by atoms with Crippen LogP contribution in [0.4, 0.5) is 18.3 Å². The van der Waals surface area contributed by atoms with Gasteiger partial charge in [0.1, 0.15) is 0 Å².